The maximum atomic E-state index is 6.10. The molecule has 1 aliphatic rings. The Balaban J connectivity index is 1.83. The first kappa shape index (κ1) is 16.2. The van der Waals surface area contributed by atoms with Gasteiger partial charge in [0.2, 0.25) is 0 Å². The summed E-state index contributed by atoms with van der Waals surface area (Å²) in [6.45, 7) is 1.54. The highest BCUT2D eigenvalue weighted by atomic mass is 16.5. The number of methoxy groups -OCH3 is 1. The molecule has 0 amide bonds. The van der Waals surface area contributed by atoms with Crippen molar-refractivity contribution >= 4 is 0 Å². The molecule has 2 N–H and O–H groups in total. The number of hydrogen-bond acceptors (Lipinski definition) is 3. The summed E-state index contributed by atoms with van der Waals surface area (Å²) in [5, 5.41) is 0. The minimum absolute atomic E-state index is 0.299. The summed E-state index contributed by atoms with van der Waals surface area (Å²) < 4.78 is 11.1. The zero-order valence-electron chi connectivity index (χ0n) is 13.3. The van der Waals surface area contributed by atoms with Crippen molar-refractivity contribution in [3.05, 3.63) is 24.3 Å². The maximum absolute atomic E-state index is 6.10. The third kappa shape index (κ3) is 4.92. The Labute approximate surface area is 128 Å². The fourth-order valence-corrected chi connectivity index (χ4v) is 3.27. The van der Waals surface area contributed by atoms with Gasteiger partial charge in [0.1, 0.15) is 11.5 Å². The molecule has 118 valence electrons. The van der Waals surface area contributed by atoms with Gasteiger partial charge in [0.25, 0.3) is 0 Å². The van der Waals surface area contributed by atoms with Gasteiger partial charge in [-0.2, -0.15) is 0 Å². The second-order valence-electron chi connectivity index (χ2n) is 6.25. The summed E-state index contributed by atoms with van der Waals surface area (Å²) in [4.78, 5) is 0. The molecule has 1 aliphatic carbocycles. The number of ether oxygens (including phenoxy) is 2. The highest BCUT2D eigenvalue weighted by Crippen LogP contribution is 2.36. The first-order valence-corrected chi connectivity index (χ1v) is 8.25. The molecule has 1 saturated carbocycles. The van der Waals surface area contributed by atoms with E-state index in [4.69, 9.17) is 15.2 Å². The van der Waals surface area contributed by atoms with E-state index in [2.05, 4.69) is 0 Å². The van der Waals surface area contributed by atoms with Crippen molar-refractivity contribution in [2.24, 2.45) is 11.1 Å². The molecule has 1 aromatic carbocycles. The number of hydrogen-bond donors (Lipinski definition) is 1. The second kappa shape index (κ2) is 8.28. The Morgan fingerprint density at radius 1 is 0.952 bits per heavy atom. The van der Waals surface area contributed by atoms with Gasteiger partial charge in [-0.05, 0) is 55.5 Å². The van der Waals surface area contributed by atoms with Crippen LogP contribution in [0.5, 0.6) is 11.5 Å². The Kier molecular flexibility index (Phi) is 6.37. The van der Waals surface area contributed by atoms with Crippen LogP contribution in [0.25, 0.3) is 0 Å². The van der Waals surface area contributed by atoms with Crippen LogP contribution in [0.4, 0.5) is 0 Å². The second-order valence-corrected chi connectivity index (χ2v) is 6.25. The van der Waals surface area contributed by atoms with E-state index in [1.54, 1.807) is 7.11 Å². The maximum Gasteiger partial charge on any atom is 0.119 e. The van der Waals surface area contributed by atoms with Crippen LogP contribution in [0.1, 0.15) is 51.4 Å². The zero-order chi connectivity index (χ0) is 15.0. The molecule has 1 aromatic rings. The first-order chi connectivity index (χ1) is 10.3. The van der Waals surface area contributed by atoms with E-state index < -0.39 is 0 Å². The van der Waals surface area contributed by atoms with Crippen molar-refractivity contribution in [3.8, 4) is 11.5 Å². The predicted octanol–water partition coefficient (Wildman–Crippen LogP) is 4.15. The first-order valence-electron chi connectivity index (χ1n) is 8.25. The summed E-state index contributed by atoms with van der Waals surface area (Å²) in [6, 6.07) is 7.80. The molecule has 0 bridgehead atoms. The Hall–Kier alpha value is -1.22. The van der Waals surface area contributed by atoms with E-state index in [0.717, 1.165) is 31.1 Å². The lowest BCUT2D eigenvalue weighted by molar-refractivity contribution is 0.158. The SMILES string of the molecule is COc1ccc(OCCC2(CN)CCCCCCC2)cc1. The van der Waals surface area contributed by atoms with E-state index in [1.807, 2.05) is 24.3 Å². The topological polar surface area (TPSA) is 44.5 Å². The van der Waals surface area contributed by atoms with Crippen LogP contribution >= 0.6 is 0 Å². The van der Waals surface area contributed by atoms with Crippen LogP contribution in [-0.2, 0) is 0 Å². The van der Waals surface area contributed by atoms with Crippen LogP contribution in [0.2, 0.25) is 0 Å². The number of rotatable bonds is 6. The monoisotopic (exact) mass is 291 g/mol. The minimum Gasteiger partial charge on any atom is -0.497 e. The minimum atomic E-state index is 0.299. The van der Waals surface area contributed by atoms with Crippen molar-refractivity contribution in [1.29, 1.82) is 0 Å². The van der Waals surface area contributed by atoms with Gasteiger partial charge in [-0.3, -0.25) is 0 Å². The zero-order valence-corrected chi connectivity index (χ0v) is 13.3. The van der Waals surface area contributed by atoms with E-state index in [-0.39, 0.29) is 0 Å². The molecular weight excluding hydrogens is 262 g/mol. The molecule has 2 rings (SSSR count). The Bertz CT molecular complexity index is 394. The fraction of sp³-hybridized carbons (Fsp3) is 0.667. The van der Waals surface area contributed by atoms with E-state index in [0.29, 0.717) is 5.41 Å². The largest absolute Gasteiger partial charge is 0.497 e. The molecule has 3 nitrogen and oxygen atoms in total. The molecule has 0 aliphatic heterocycles. The number of benzene rings is 1. The van der Waals surface area contributed by atoms with E-state index in [9.17, 15) is 0 Å². The highest BCUT2D eigenvalue weighted by molar-refractivity contribution is 5.31. The lowest BCUT2D eigenvalue weighted by atomic mass is 9.74. The standard InChI is InChI=1S/C18H29NO2/c1-20-16-7-9-17(10-8-16)21-14-13-18(15-19)11-5-3-2-4-6-12-18/h7-10H,2-6,11-15,19H2,1H3. The van der Waals surface area contributed by atoms with Crippen LogP contribution in [0, 0.1) is 5.41 Å². The summed E-state index contributed by atoms with van der Waals surface area (Å²) in [5.74, 6) is 1.77. The Morgan fingerprint density at radius 3 is 2.10 bits per heavy atom. The van der Waals surface area contributed by atoms with Crippen molar-refractivity contribution < 1.29 is 9.47 Å². The van der Waals surface area contributed by atoms with Crippen molar-refractivity contribution in [1.82, 2.24) is 0 Å². The van der Waals surface area contributed by atoms with Crippen molar-refractivity contribution in [2.45, 2.75) is 51.4 Å². The van der Waals surface area contributed by atoms with Gasteiger partial charge < -0.3 is 15.2 Å². The van der Waals surface area contributed by atoms with Gasteiger partial charge in [-0.1, -0.05) is 32.1 Å². The third-order valence-electron chi connectivity index (χ3n) is 4.81. The predicted molar refractivity (Wildman–Crippen MR) is 86.9 cm³/mol. The van der Waals surface area contributed by atoms with Gasteiger partial charge in [-0.25, -0.2) is 0 Å². The van der Waals surface area contributed by atoms with Gasteiger partial charge in [0, 0.05) is 0 Å². The molecule has 0 spiro atoms. The lowest BCUT2D eigenvalue weighted by Gasteiger charge is -2.34. The lowest BCUT2D eigenvalue weighted by Crippen LogP contribution is -2.33. The van der Waals surface area contributed by atoms with E-state index >= 15 is 0 Å². The number of nitrogens with two attached hydrogens (primary N) is 1. The molecule has 3 heteroatoms. The van der Waals surface area contributed by atoms with Gasteiger partial charge in [0.15, 0.2) is 0 Å². The smallest absolute Gasteiger partial charge is 0.119 e. The molecule has 1 fully saturated rings. The van der Waals surface area contributed by atoms with Gasteiger partial charge in [-0.15, -0.1) is 0 Å². The summed E-state index contributed by atoms with van der Waals surface area (Å²) >= 11 is 0. The summed E-state index contributed by atoms with van der Waals surface area (Å²) in [5.41, 5.74) is 6.40. The quantitative estimate of drug-likeness (QED) is 0.856. The molecule has 0 aromatic heterocycles. The molecule has 0 unspecified atom stereocenters. The summed E-state index contributed by atoms with van der Waals surface area (Å²) in [6.07, 6.45) is 10.3. The molecule has 0 saturated heterocycles. The van der Waals surface area contributed by atoms with Crippen LogP contribution in [0.15, 0.2) is 24.3 Å². The van der Waals surface area contributed by atoms with Crippen LogP contribution < -0.4 is 15.2 Å². The van der Waals surface area contributed by atoms with Gasteiger partial charge >= 0.3 is 0 Å². The Morgan fingerprint density at radius 2 is 1.52 bits per heavy atom. The molecule has 21 heavy (non-hydrogen) atoms. The average Bonchev–Trinajstić information content (AvgIpc) is 2.50. The van der Waals surface area contributed by atoms with Gasteiger partial charge in [0.05, 0.1) is 13.7 Å². The van der Waals surface area contributed by atoms with Crippen LogP contribution in [0.3, 0.4) is 0 Å². The van der Waals surface area contributed by atoms with Crippen molar-refractivity contribution in [2.75, 3.05) is 20.3 Å². The van der Waals surface area contributed by atoms with Crippen LogP contribution in [-0.4, -0.2) is 20.3 Å². The third-order valence-corrected chi connectivity index (χ3v) is 4.81. The average molecular weight is 291 g/mol. The van der Waals surface area contributed by atoms with E-state index in [1.165, 1.54) is 44.9 Å². The summed E-state index contributed by atoms with van der Waals surface area (Å²) in [7, 11) is 1.68. The molecular formula is C18H29NO2. The van der Waals surface area contributed by atoms with Crippen molar-refractivity contribution in [3.63, 3.8) is 0 Å². The highest BCUT2D eigenvalue weighted by Gasteiger charge is 2.28. The molecule has 0 heterocycles. The normalized spacial score (nSPS) is 18.6. The molecule has 0 atom stereocenters. The fourth-order valence-electron chi connectivity index (χ4n) is 3.27. The molecule has 0 radical (unpaired) electrons.